The molecule has 124 valence electrons. The second kappa shape index (κ2) is 15.4. The SMILES string of the molecule is [Al+2][CH]1CCCCCCCCCCCCCCCCCCC1.[H-].[H-]. The minimum atomic E-state index is 0. The summed E-state index contributed by atoms with van der Waals surface area (Å²) in [5.41, 5.74) is 0. The van der Waals surface area contributed by atoms with E-state index in [1.165, 1.54) is 122 Å². The van der Waals surface area contributed by atoms with Gasteiger partial charge in [0.15, 0.2) is 0 Å². The van der Waals surface area contributed by atoms with Gasteiger partial charge in [0.1, 0.15) is 0 Å². The van der Waals surface area contributed by atoms with Gasteiger partial charge in [-0.1, -0.05) is 0 Å². The molecule has 1 rings (SSSR count). The molecule has 1 saturated carbocycles. The zero-order chi connectivity index (χ0) is 15.0. The molecule has 0 N–H and O–H groups in total. The smallest absolute Gasteiger partial charge is 1.00 e. The van der Waals surface area contributed by atoms with Crippen molar-refractivity contribution >= 4 is 16.3 Å². The summed E-state index contributed by atoms with van der Waals surface area (Å²) in [6.45, 7) is 0. The first-order chi connectivity index (χ1) is 10.4. The molecule has 21 heavy (non-hydrogen) atoms. The van der Waals surface area contributed by atoms with Gasteiger partial charge in [0.25, 0.3) is 0 Å². The van der Waals surface area contributed by atoms with E-state index in [0.29, 0.717) is 0 Å². The quantitative estimate of drug-likeness (QED) is 0.404. The first-order valence-electron chi connectivity index (χ1n) is 10.1. The Labute approximate surface area is 146 Å². The van der Waals surface area contributed by atoms with E-state index < -0.39 is 0 Å². The molecule has 0 heterocycles. The van der Waals surface area contributed by atoms with Crippen LogP contribution in [0.15, 0.2) is 0 Å². The van der Waals surface area contributed by atoms with Gasteiger partial charge in [-0.2, -0.15) is 0 Å². The van der Waals surface area contributed by atoms with Gasteiger partial charge >= 0.3 is 143 Å². The molecule has 0 nitrogen and oxygen atoms in total. The Morgan fingerprint density at radius 1 is 0.381 bits per heavy atom. The van der Waals surface area contributed by atoms with Gasteiger partial charge in [-0.25, -0.2) is 0 Å². The van der Waals surface area contributed by atoms with Crippen molar-refractivity contribution in [3.05, 3.63) is 0 Å². The molecule has 1 heteroatoms. The molecule has 0 aromatic heterocycles. The van der Waals surface area contributed by atoms with Crippen LogP contribution in [-0.2, 0) is 0 Å². The molecule has 0 aromatic carbocycles. The van der Waals surface area contributed by atoms with Crippen molar-refractivity contribution in [2.45, 2.75) is 127 Å². The van der Waals surface area contributed by atoms with Crippen molar-refractivity contribution in [2.75, 3.05) is 0 Å². The largest absolute Gasteiger partial charge is 1.00 e. The third-order valence-corrected chi connectivity index (χ3v) is 5.82. The molecule has 0 radical (unpaired) electrons. The first kappa shape index (κ1) is 19.6. The fourth-order valence-electron chi connectivity index (χ4n) is 3.61. The van der Waals surface area contributed by atoms with E-state index in [4.69, 9.17) is 0 Å². The summed E-state index contributed by atoms with van der Waals surface area (Å²) < 4.78 is 0.899. The molecule has 0 amide bonds. The molecule has 0 spiro atoms. The van der Waals surface area contributed by atoms with Crippen LogP contribution in [0.5, 0.6) is 0 Å². The van der Waals surface area contributed by atoms with Crippen molar-refractivity contribution in [1.29, 1.82) is 0 Å². The van der Waals surface area contributed by atoms with E-state index in [9.17, 15) is 0 Å². The molecule has 1 fully saturated rings. The predicted octanol–water partition coefficient (Wildman–Crippen LogP) is 7.59. The molecule has 1 aliphatic rings. The topological polar surface area (TPSA) is 0 Å². The molecule has 0 aliphatic heterocycles. The van der Waals surface area contributed by atoms with E-state index in [0.717, 1.165) is 4.78 Å². The Hall–Kier alpha value is 0.532. The maximum Gasteiger partial charge on any atom is -1.00 e. The summed E-state index contributed by atoms with van der Waals surface area (Å²) in [5.74, 6) is 0. The van der Waals surface area contributed by atoms with Crippen molar-refractivity contribution in [3.63, 3.8) is 0 Å². The Balaban J connectivity index is 0. The van der Waals surface area contributed by atoms with Crippen molar-refractivity contribution < 1.29 is 2.85 Å². The van der Waals surface area contributed by atoms with Gasteiger partial charge in [-0.3, -0.25) is 0 Å². The fourth-order valence-corrected chi connectivity index (χ4v) is 4.08. The maximum atomic E-state index is 3.10. The number of hydrogen-bond acceptors (Lipinski definition) is 0. The van der Waals surface area contributed by atoms with Crippen molar-refractivity contribution in [1.82, 2.24) is 0 Å². The monoisotopic (exact) mass is 308 g/mol. The standard InChI is InChI=1S/C20H39.Al.2H/c1-2-4-6-8-10-12-14-16-18-20-19-17-15-13-11-9-7-5-3-1;;;/h1H,2-20H2;;;/q;+2;2*-1. The van der Waals surface area contributed by atoms with E-state index in [1.807, 2.05) is 0 Å². The minimum absolute atomic E-state index is 0. The summed E-state index contributed by atoms with van der Waals surface area (Å²) in [5, 5.41) is 0. The zero-order valence-corrected chi connectivity index (χ0v) is 15.7. The van der Waals surface area contributed by atoms with Crippen LogP contribution in [0.4, 0.5) is 0 Å². The Bertz CT molecular complexity index is 192. The van der Waals surface area contributed by atoms with Crippen LogP contribution in [0.1, 0.15) is 125 Å². The van der Waals surface area contributed by atoms with E-state index in [1.54, 1.807) is 0 Å². The van der Waals surface area contributed by atoms with Gasteiger partial charge in [0.05, 0.1) is 0 Å². The normalized spacial score (nSPS) is 24.5. The third kappa shape index (κ3) is 13.9. The van der Waals surface area contributed by atoms with Crippen LogP contribution < -0.4 is 0 Å². The first-order valence-corrected chi connectivity index (χ1v) is 10.8. The minimum Gasteiger partial charge on any atom is -1.00 e. The molecule has 0 saturated heterocycles. The van der Waals surface area contributed by atoms with Crippen LogP contribution >= 0.6 is 0 Å². The third-order valence-electron chi connectivity index (χ3n) is 5.15. The van der Waals surface area contributed by atoms with Gasteiger partial charge in [0.2, 0.25) is 0 Å². The Kier molecular flexibility index (Phi) is 14.4. The molecule has 0 aromatic rings. The Morgan fingerprint density at radius 2 is 0.571 bits per heavy atom. The fraction of sp³-hybridized carbons (Fsp3) is 1.00. The second-order valence-corrected chi connectivity index (χ2v) is 8.29. The summed E-state index contributed by atoms with van der Waals surface area (Å²) in [4.78, 5) is 0. The average molecular weight is 309 g/mol. The predicted molar refractivity (Wildman–Crippen MR) is 99.5 cm³/mol. The van der Waals surface area contributed by atoms with Gasteiger partial charge in [-0.15, -0.1) is 0 Å². The van der Waals surface area contributed by atoms with E-state index >= 15 is 0 Å². The summed E-state index contributed by atoms with van der Waals surface area (Å²) in [7, 11) is 0. The zero-order valence-electron chi connectivity index (χ0n) is 16.6. The molecular formula is C20H41Al. The maximum absolute atomic E-state index is 3.10. The van der Waals surface area contributed by atoms with Crippen molar-refractivity contribution in [2.24, 2.45) is 0 Å². The number of hydrogen-bond donors (Lipinski definition) is 0. The van der Waals surface area contributed by atoms with Crippen LogP contribution in [0.3, 0.4) is 0 Å². The van der Waals surface area contributed by atoms with Gasteiger partial charge in [0, 0.05) is 0 Å². The van der Waals surface area contributed by atoms with Crippen LogP contribution in [0.2, 0.25) is 4.78 Å². The molecule has 0 atom stereocenters. The average Bonchev–Trinajstić information content (AvgIpc) is 2.48. The van der Waals surface area contributed by atoms with Gasteiger partial charge < -0.3 is 2.85 Å². The molecule has 0 bridgehead atoms. The van der Waals surface area contributed by atoms with Crippen LogP contribution in [0, 0.1) is 0 Å². The summed E-state index contributed by atoms with van der Waals surface area (Å²) >= 11 is 3.10. The van der Waals surface area contributed by atoms with Crippen molar-refractivity contribution in [3.8, 4) is 0 Å². The Morgan fingerprint density at radius 3 is 0.810 bits per heavy atom. The molecule has 1 aliphatic carbocycles. The van der Waals surface area contributed by atoms with E-state index in [2.05, 4.69) is 16.3 Å². The van der Waals surface area contributed by atoms with E-state index in [-0.39, 0.29) is 2.85 Å². The summed E-state index contributed by atoms with van der Waals surface area (Å²) in [6.07, 6.45) is 28.2. The van der Waals surface area contributed by atoms with Gasteiger partial charge in [-0.05, 0) is 0 Å². The number of rotatable bonds is 0. The molecule has 0 unspecified atom stereocenters. The summed E-state index contributed by atoms with van der Waals surface area (Å²) in [6, 6.07) is 0. The molecular weight excluding hydrogens is 267 g/mol. The van der Waals surface area contributed by atoms with Crippen LogP contribution in [-0.4, -0.2) is 16.3 Å². The second-order valence-electron chi connectivity index (χ2n) is 7.35. The van der Waals surface area contributed by atoms with Crippen LogP contribution in [0.25, 0.3) is 0 Å².